The van der Waals surface area contributed by atoms with Crippen molar-refractivity contribution in [3.63, 3.8) is 0 Å². The molecule has 1 aliphatic heterocycles. The number of halogens is 3. The summed E-state index contributed by atoms with van der Waals surface area (Å²) in [7, 11) is 0. The Morgan fingerprint density at radius 1 is 0.972 bits per heavy atom. The zero-order valence-electron chi connectivity index (χ0n) is 20.9. The second kappa shape index (κ2) is 10.2. The van der Waals surface area contributed by atoms with Gasteiger partial charge in [0.2, 0.25) is 0 Å². The van der Waals surface area contributed by atoms with E-state index in [-0.39, 0.29) is 26.2 Å². The second-order valence-corrected chi connectivity index (χ2v) is 9.20. The number of urea groups is 1. The Bertz CT molecular complexity index is 1140. The van der Waals surface area contributed by atoms with Gasteiger partial charge < -0.3 is 14.4 Å². The van der Waals surface area contributed by atoms with Crippen molar-refractivity contribution in [1.29, 1.82) is 0 Å². The lowest BCUT2D eigenvalue weighted by Gasteiger charge is -2.26. The molecule has 0 bridgehead atoms. The SMILES string of the molecule is CCOC(=O)C(C)(C)Oc1c(C)cc(CN2C(=O)CN(Cc3ccc(C(F)(F)F)cc3)C2=O)cc1C. The number of alkyl halides is 3. The smallest absolute Gasteiger partial charge is 0.416 e. The Kier molecular flexibility index (Phi) is 7.66. The van der Waals surface area contributed by atoms with Crippen LogP contribution in [0.5, 0.6) is 5.75 Å². The summed E-state index contributed by atoms with van der Waals surface area (Å²) in [6.45, 7) is 8.68. The number of imide groups is 1. The van der Waals surface area contributed by atoms with E-state index in [4.69, 9.17) is 9.47 Å². The van der Waals surface area contributed by atoms with Crippen LogP contribution in [0.25, 0.3) is 0 Å². The molecule has 7 nitrogen and oxygen atoms in total. The number of rotatable bonds is 8. The molecule has 1 fully saturated rings. The van der Waals surface area contributed by atoms with Crippen LogP contribution in [0.3, 0.4) is 0 Å². The maximum Gasteiger partial charge on any atom is 0.416 e. The van der Waals surface area contributed by atoms with Crippen LogP contribution in [0, 0.1) is 13.8 Å². The van der Waals surface area contributed by atoms with Crippen molar-refractivity contribution in [3.05, 3.63) is 64.2 Å². The molecule has 0 spiro atoms. The minimum atomic E-state index is -4.44. The van der Waals surface area contributed by atoms with E-state index in [1.165, 1.54) is 17.0 Å². The summed E-state index contributed by atoms with van der Waals surface area (Å²) in [6.07, 6.45) is -4.44. The predicted octanol–water partition coefficient (Wildman–Crippen LogP) is 5.01. The van der Waals surface area contributed by atoms with E-state index in [1.807, 2.05) is 0 Å². The zero-order chi connectivity index (χ0) is 26.8. The van der Waals surface area contributed by atoms with E-state index in [0.29, 0.717) is 16.9 Å². The molecule has 0 atom stereocenters. The van der Waals surface area contributed by atoms with Crippen LogP contribution in [0.1, 0.15) is 48.6 Å². The number of ether oxygens (including phenoxy) is 2. The molecule has 0 unspecified atom stereocenters. The second-order valence-electron chi connectivity index (χ2n) is 9.20. The summed E-state index contributed by atoms with van der Waals surface area (Å²) in [4.78, 5) is 40.1. The van der Waals surface area contributed by atoms with Gasteiger partial charge in [-0.2, -0.15) is 13.2 Å². The van der Waals surface area contributed by atoms with E-state index in [1.54, 1.807) is 46.8 Å². The summed E-state index contributed by atoms with van der Waals surface area (Å²) in [6, 6.07) is 7.55. The molecule has 10 heteroatoms. The van der Waals surface area contributed by atoms with Crippen molar-refractivity contribution in [2.45, 2.75) is 59.5 Å². The minimum Gasteiger partial charge on any atom is -0.476 e. The Morgan fingerprint density at radius 3 is 2.08 bits per heavy atom. The average molecular weight is 507 g/mol. The number of amides is 3. The molecule has 0 aliphatic carbocycles. The van der Waals surface area contributed by atoms with Crippen LogP contribution >= 0.6 is 0 Å². The largest absolute Gasteiger partial charge is 0.476 e. The number of aryl methyl sites for hydroxylation is 2. The maximum atomic E-state index is 12.9. The quantitative estimate of drug-likeness (QED) is 0.372. The first-order chi connectivity index (χ1) is 16.7. The summed E-state index contributed by atoms with van der Waals surface area (Å²) in [5, 5.41) is 0. The summed E-state index contributed by atoms with van der Waals surface area (Å²) >= 11 is 0. The average Bonchev–Trinajstić information content (AvgIpc) is 3.03. The molecule has 2 aromatic carbocycles. The predicted molar refractivity (Wildman–Crippen MR) is 125 cm³/mol. The number of nitrogens with zero attached hydrogens (tertiary/aromatic N) is 2. The minimum absolute atomic E-state index is 0.0208. The van der Waals surface area contributed by atoms with E-state index in [0.717, 1.165) is 28.2 Å². The van der Waals surface area contributed by atoms with Gasteiger partial charge in [0, 0.05) is 6.54 Å². The highest BCUT2D eigenvalue weighted by molar-refractivity contribution is 6.01. The van der Waals surface area contributed by atoms with Crippen LogP contribution in [0.15, 0.2) is 36.4 Å². The van der Waals surface area contributed by atoms with Crippen LogP contribution in [0.2, 0.25) is 0 Å². The first-order valence-corrected chi connectivity index (χ1v) is 11.4. The fourth-order valence-electron chi connectivity index (χ4n) is 3.97. The normalized spacial score (nSPS) is 14.4. The number of esters is 1. The van der Waals surface area contributed by atoms with E-state index in [2.05, 4.69) is 0 Å². The summed E-state index contributed by atoms with van der Waals surface area (Å²) < 4.78 is 49.4. The number of hydrogen-bond acceptors (Lipinski definition) is 5. The van der Waals surface area contributed by atoms with Gasteiger partial charge in [-0.3, -0.25) is 9.69 Å². The van der Waals surface area contributed by atoms with Gasteiger partial charge in [0.15, 0.2) is 5.60 Å². The van der Waals surface area contributed by atoms with Gasteiger partial charge in [-0.15, -0.1) is 0 Å². The highest BCUT2D eigenvalue weighted by Crippen LogP contribution is 2.31. The fraction of sp³-hybridized carbons (Fsp3) is 0.423. The number of hydrogen-bond donors (Lipinski definition) is 0. The lowest BCUT2D eigenvalue weighted by atomic mass is 10.0. The zero-order valence-corrected chi connectivity index (χ0v) is 20.9. The molecule has 3 rings (SSSR count). The molecule has 1 heterocycles. The van der Waals surface area contributed by atoms with Gasteiger partial charge in [0.05, 0.1) is 18.7 Å². The molecule has 0 N–H and O–H groups in total. The number of carbonyl (C=O) groups is 3. The molecule has 1 saturated heterocycles. The molecular formula is C26H29F3N2O5. The first-order valence-electron chi connectivity index (χ1n) is 11.4. The van der Waals surface area contributed by atoms with Crippen LogP contribution in [-0.4, -0.2) is 46.5 Å². The van der Waals surface area contributed by atoms with Crippen LogP contribution in [0.4, 0.5) is 18.0 Å². The lowest BCUT2D eigenvalue weighted by molar-refractivity contribution is -0.158. The molecule has 0 radical (unpaired) electrons. The Morgan fingerprint density at radius 2 is 1.56 bits per heavy atom. The Labute approximate surface area is 207 Å². The monoisotopic (exact) mass is 506 g/mol. The molecular weight excluding hydrogens is 477 g/mol. The third-order valence-corrected chi connectivity index (χ3v) is 5.77. The summed E-state index contributed by atoms with van der Waals surface area (Å²) in [5.74, 6) is -0.375. The molecule has 194 valence electrons. The Hall–Kier alpha value is -3.56. The number of carbonyl (C=O) groups excluding carboxylic acids is 3. The topological polar surface area (TPSA) is 76.2 Å². The maximum absolute atomic E-state index is 12.9. The molecule has 0 saturated carbocycles. The van der Waals surface area contributed by atoms with E-state index in [9.17, 15) is 27.6 Å². The third kappa shape index (κ3) is 5.98. The van der Waals surface area contributed by atoms with Crippen molar-refractivity contribution in [3.8, 4) is 5.75 Å². The van der Waals surface area contributed by atoms with Crippen LogP contribution < -0.4 is 4.74 Å². The van der Waals surface area contributed by atoms with Crippen LogP contribution in [-0.2, 0) is 33.6 Å². The van der Waals surface area contributed by atoms with Gasteiger partial charge in [-0.25, -0.2) is 9.59 Å². The molecule has 0 aromatic heterocycles. The van der Waals surface area contributed by atoms with Crippen molar-refractivity contribution in [2.75, 3.05) is 13.2 Å². The van der Waals surface area contributed by atoms with Crippen molar-refractivity contribution in [2.24, 2.45) is 0 Å². The molecule has 3 amide bonds. The highest BCUT2D eigenvalue weighted by atomic mass is 19.4. The highest BCUT2D eigenvalue weighted by Gasteiger charge is 2.37. The standard InChI is InChI=1S/C26H29F3N2O5/c1-6-35-23(33)25(4,5)36-22-16(2)11-19(12-17(22)3)14-31-21(32)15-30(24(31)34)13-18-7-9-20(10-8-18)26(27,28)29/h7-12H,6,13-15H2,1-5H3. The first kappa shape index (κ1) is 27.0. The van der Waals surface area contributed by atoms with Gasteiger partial charge in [-0.1, -0.05) is 24.3 Å². The number of benzene rings is 2. The van der Waals surface area contributed by atoms with Gasteiger partial charge in [0.25, 0.3) is 5.91 Å². The summed E-state index contributed by atoms with van der Waals surface area (Å²) in [5.41, 5.74) is 0.659. The van der Waals surface area contributed by atoms with E-state index >= 15 is 0 Å². The van der Waals surface area contributed by atoms with Crippen molar-refractivity contribution in [1.82, 2.24) is 9.80 Å². The van der Waals surface area contributed by atoms with E-state index < -0.39 is 35.2 Å². The van der Waals surface area contributed by atoms with Crippen molar-refractivity contribution >= 4 is 17.9 Å². The molecule has 1 aliphatic rings. The third-order valence-electron chi connectivity index (χ3n) is 5.77. The molecule has 36 heavy (non-hydrogen) atoms. The lowest BCUT2D eigenvalue weighted by Crippen LogP contribution is -2.40. The van der Waals surface area contributed by atoms with Crippen molar-refractivity contribution < 1.29 is 37.0 Å². The molecule has 2 aromatic rings. The fourth-order valence-corrected chi connectivity index (χ4v) is 3.97. The van der Waals surface area contributed by atoms with Gasteiger partial charge in [0.1, 0.15) is 12.3 Å². The Balaban J connectivity index is 1.71. The van der Waals surface area contributed by atoms with Gasteiger partial charge in [-0.05, 0) is 69.0 Å². The van der Waals surface area contributed by atoms with Gasteiger partial charge >= 0.3 is 18.2 Å².